The van der Waals surface area contributed by atoms with Gasteiger partial charge in [-0.1, -0.05) is 37.3 Å². The van der Waals surface area contributed by atoms with E-state index in [-0.39, 0.29) is 35.6 Å². The fourth-order valence-electron chi connectivity index (χ4n) is 4.54. The fourth-order valence-corrected chi connectivity index (χ4v) is 5.48. The summed E-state index contributed by atoms with van der Waals surface area (Å²) in [5.41, 5.74) is 2.07. The van der Waals surface area contributed by atoms with Gasteiger partial charge in [0.05, 0.1) is 34.6 Å². The van der Waals surface area contributed by atoms with Crippen LogP contribution >= 0.6 is 16.1 Å². The first-order valence-electron chi connectivity index (χ1n) is 11.4. The van der Waals surface area contributed by atoms with Crippen LogP contribution in [-0.2, 0) is 21.2 Å². The Morgan fingerprint density at radius 1 is 1.29 bits per heavy atom. The number of anilines is 1. The van der Waals surface area contributed by atoms with Gasteiger partial charge in [-0.05, 0) is 42.0 Å². The molecule has 1 N–H and O–H groups in total. The summed E-state index contributed by atoms with van der Waals surface area (Å²) in [5.74, 6) is 0.671. The summed E-state index contributed by atoms with van der Waals surface area (Å²) < 4.78 is 34.9. The van der Waals surface area contributed by atoms with Crippen LogP contribution < -0.4 is 4.31 Å². The number of carbonyl (C=O) groups is 1. The lowest BCUT2D eigenvalue weighted by atomic mass is 9.86. The van der Waals surface area contributed by atoms with Crippen molar-refractivity contribution in [1.29, 1.82) is 0 Å². The minimum absolute atomic E-state index is 0.0106. The Kier molecular flexibility index (Phi) is 8.95. The lowest BCUT2D eigenvalue weighted by molar-refractivity contribution is 0.0962. The van der Waals surface area contributed by atoms with Crippen molar-refractivity contribution in [2.45, 2.75) is 25.7 Å². The first-order chi connectivity index (χ1) is 16.6. The number of ether oxygens (including phenoxy) is 1. The average molecular weight is 567 g/mol. The van der Waals surface area contributed by atoms with E-state index < -0.39 is 10.0 Å². The molecule has 1 fully saturated rings. The molecule has 0 aromatic heterocycles. The molecular formula is C25H32BrN3O5S. The molecule has 0 unspecified atom stereocenters. The number of ketones is 1. The Morgan fingerprint density at radius 2 is 1.97 bits per heavy atom. The normalized spacial score (nSPS) is 19.3. The van der Waals surface area contributed by atoms with E-state index in [9.17, 15) is 18.3 Å². The highest BCUT2D eigenvalue weighted by Crippen LogP contribution is 2.38. The maximum Gasteiger partial charge on any atom is 0.232 e. The van der Waals surface area contributed by atoms with Gasteiger partial charge in [-0.3, -0.25) is 9.10 Å². The van der Waals surface area contributed by atoms with Crippen LogP contribution in [-0.4, -0.2) is 70.2 Å². The Hall–Kier alpha value is -2.43. The molecule has 0 aliphatic carbocycles. The topological polar surface area (TPSA) is 99.5 Å². The SMILES string of the molecule is CCc1cc(C(=O)CN2C[C@H](CCOC)[C@@H](c3ccccc3)/C2=N/Br)cc(N(C)S(C)(=O)=O)c1O. The summed E-state index contributed by atoms with van der Waals surface area (Å²) in [6.45, 7) is 3.15. The molecule has 190 valence electrons. The summed E-state index contributed by atoms with van der Waals surface area (Å²) in [7, 11) is -0.585. The number of benzene rings is 2. The Balaban J connectivity index is 1.94. The third-order valence-electron chi connectivity index (χ3n) is 6.51. The summed E-state index contributed by atoms with van der Waals surface area (Å²) in [6.07, 6.45) is 2.32. The van der Waals surface area contributed by atoms with Crippen LogP contribution in [0.25, 0.3) is 0 Å². The molecule has 1 aliphatic heterocycles. The monoisotopic (exact) mass is 565 g/mol. The third kappa shape index (κ3) is 6.05. The molecule has 0 spiro atoms. The van der Waals surface area contributed by atoms with E-state index in [0.29, 0.717) is 30.7 Å². The largest absolute Gasteiger partial charge is 0.505 e. The number of aromatic hydroxyl groups is 1. The van der Waals surface area contributed by atoms with Gasteiger partial charge in [0.2, 0.25) is 10.0 Å². The van der Waals surface area contributed by atoms with Gasteiger partial charge in [-0.2, -0.15) is 4.02 Å². The molecule has 2 aromatic carbocycles. The van der Waals surface area contributed by atoms with Crippen molar-refractivity contribution in [3.05, 3.63) is 59.2 Å². The molecule has 1 aliphatic rings. The molecule has 0 saturated carbocycles. The molecule has 8 nitrogen and oxygen atoms in total. The van der Waals surface area contributed by atoms with Crippen molar-refractivity contribution < 1.29 is 23.1 Å². The molecule has 1 saturated heterocycles. The molecule has 10 heteroatoms. The van der Waals surface area contributed by atoms with Crippen molar-refractivity contribution >= 4 is 43.5 Å². The Bertz CT molecular complexity index is 1190. The quantitative estimate of drug-likeness (QED) is 0.437. The van der Waals surface area contributed by atoms with Crippen molar-refractivity contribution in [3.8, 4) is 5.75 Å². The zero-order valence-corrected chi connectivity index (χ0v) is 22.8. The van der Waals surface area contributed by atoms with Crippen molar-refractivity contribution in [2.75, 3.05) is 44.4 Å². The number of amidine groups is 1. The van der Waals surface area contributed by atoms with Crippen LogP contribution in [0.4, 0.5) is 5.69 Å². The minimum atomic E-state index is -3.62. The number of halogens is 1. The lowest BCUT2D eigenvalue weighted by Crippen LogP contribution is -2.32. The number of likely N-dealkylation sites (tertiary alicyclic amines) is 1. The van der Waals surface area contributed by atoms with Crippen LogP contribution in [0.1, 0.15) is 40.7 Å². The fraction of sp³-hybridized carbons (Fsp3) is 0.440. The Morgan fingerprint density at radius 3 is 2.54 bits per heavy atom. The highest BCUT2D eigenvalue weighted by molar-refractivity contribution is 9.08. The standard InChI is InChI=1S/C25H32BrN3O5S/c1-5-17-13-20(14-21(24(17)31)28(2)35(4,32)33)22(30)16-29-15-19(11-12-34-3)23(25(29)27-26)18-9-7-6-8-10-18/h6-10,13-14,19,23,31H,5,11-12,15-16H2,1-4H3/b27-25-/t19-,23+/m0/s1. The summed E-state index contributed by atoms with van der Waals surface area (Å²) in [6, 6.07) is 13.2. The first kappa shape index (κ1) is 27.2. The summed E-state index contributed by atoms with van der Waals surface area (Å²) in [5, 5.41) is 10.6. The number of Topliss-reactive ketones (excluding diaryl/α,β-unsaturated/α-hetero) is 1. The number of phenols is 1. The zero-order valence-electron chi connectivity index (χ0n) is 20.4. The maximum absolute atomic E-state index is 13.4. The average Bonchev–Trinajstić information content (AvgIpc) is 3.19. The summed E-state index contributed by atoms with van der Waals surface area (Å²) in [4.78, 5) is 15.4. The molecule has 3 rings (SSSR count). The maximum atomic E-state index is 13.4. The van der Waals surface area contributed by atoms with Crippen LogP contribution in [0.3, 0.4) is 0 Å². The smallest absolute Gasteiger partial charge is 0.232 e. The number of sulfonamides is 1. The van der Waals surface area contributed by atoms with E-state index in [0.717, 1.165) is 28.4 Å². The molecule has 2 atom stereocenters. The Labute approximate surface area is 216 Å². The second-order valence-corrected chi connectivity index (χ2v) is 11.1. The van der Waals surface area contributed by atoms with Crippen LogP contribution in [0, 0.1) is 5.92 Å². The molecule has 0 radical (unpaired) electrons. The number of methoxy groups -OCH3 is 1. The van der Waals surface area contributed by atoms with Crippen molar-refractivity contribution in [3.63, 3.8) is 0 Å². The van der Waals surface area contributed by atoms with Crippen LogP contribution in [0.15, 0.2) is 46.5 Å². The predicted molar refractivity (Wildman–Crippen MR) is 142 cm³/mol. The lowest BCUT2D eigenvalue weighted by Gasteiger charge is -2.22. The van der Waals surface area contributed by atoms with Gasteiger partial charge in [-0.15, -0.1) is 0 Å². The van der Waals surface area contributed by atoms with Gasteiger partial charge >= 0.3 is 0 Å². The molecule has 0 amide bonds. The van der Waals surface area contributed by atoms with E-state index in [1.54, 1.807) is 13.2 Å². The van der Waals surface area contributed by atoms with E-state index in [2.05, 4.69) is 32.3 Å². The van der Waals surface area contributed by atoms with Gasteiger partial charge in [0.15, 0.2) is 5.78 Å². The van der Waals surface area contributed by atoms with Gasteiger partial charge in [0, 0.05) is 38.8 Å². The number of hydrogen-bond acceptors (Lipinski definition) is 6. The second-order valence-electron chi connectivity index (χ2n) is 8.76. The predicted octanol–water partition coefficient (Wildman–Crippen LogP) is 3.99. The highest BCUT2D eigenvalue weighted by atomic mass is 79.9. The first-order valence-corrected chi connectivity index (χ1v) is 14.0. The van der Waals surface area contributed by atoms with Gasteiger partial charge in [0.1, 0.15) is 11.6 Å². The van der Waals surface area contributed by atoms with Crippen molar-refractivity contribution in [2.24, 2.45) is 9.94 Å². The van der Waals surface area contributed by atoms with E-state index in [1.165, 1.54) is 13.1 Å². The second kappa shape index (κ2) is 11.5. The van der Waals surface area contributed by atoms with E-state index >= 15 is 0 Å². The molecule has 2 aromatic rings. The molecule has 1 heterocycles. The van der Waals surface area contributed by atoms with Gasteiger partial charge in [-0.25, -0.2) is 8.42 Å². The number of hydrogen-bond donors (Lipinski definition) is 1. The number of nitrogens with zero attached hydrogens (tertiary/aromatic N) is 3. The van der Waals surface area contributed by atoms with Gasteiger partial charge < -0.3 is 14.7 Å². The van der Waals surface area contributed by atoms with E-state index in [4.69, 9.17) is 4.74 Å². The number of carbonyl (C=O) groups excluding carboxylic acids is 1. The van der Waals surface area contributed by atoms with E-state index in [1.807, 2.05) is 30.0 Å². The molecule has 0 bridgehead atoms. The van der Waals surface area contributed by atoms with Crippen molar-refractivity contribution in [1.82, 2.24) is 4.90 Å². The van der Waals surface area contributed by atoms with Crippen LogP contribution in [0.5, 0.6) is 5.75 Å². The molecular weight excluding hydrogens is 534 g/mol. The zero-order chi connectivity index (χ0) is 25.8. The highest BCUT2D eigenvalue weighted by Gasteiger charge is 2.40. The minimum Gasteiger partial charge on any atom is -0.505 e. The molecule has 35 heavy (non-hydrogen) atoms. The number of rotatable bonds is 10. The summed E-state index contributed by atoms with van der Waals surface area (Å²) >= 11 is 3.28. The van der Waals surface area contributed by atoms with Crippen LogP contribution in [0.2, 0.25) is 0 Å². The van der Waals surface area contributed by atoms with Gasteiger partial charge in [0.25, 0.3) is 0 Å². The third-order valence-corrected chi connectivity index (χ3v) is 8.06. The number of aryl methyl sites for hydroxylation is 1. The number of phenolic OH excluding ortho intramolecular Hbond substituents is 1.